The fraction of sp³-hybridized carbons (Fsp3) is 1.00. The highest BCUT2D eigenvalue weighted by Crippen LogP contribution is 2.28. The standard InChI is InChI=1S/C8H16FN/c9-5-7-2-1-3-8(4-7)6-10/h7-8H,1-6,10H2. The summed E-state index contributed by atoms with van der Waals surface area (Å²) in [6.07, 6.45) is 4.49. The van der Waals surface area contributed by atoms with Crippen LogP contribution in [0.3, 0.4) is 0 Å². The predicted molar refractivity (Wildman–Crippen MR) is 40.5 cm³/mol. The van der Waals surface area contributed by atoms with Crippen LogP contribution in [0, 0.1) is 11.8 Å². The average Bonchev–Trinajstić information content (AvgIpc) is 2.05. The molecule has 1 aliphatic carbocycles. The second-order valence-electron chi connectivity index (χ2n) is 3.29. The molecule has 1 rings (SSSR count). The van der Waals surface area contributed by atoms with Crippen LogP contribution < -0.4 is 5.73 Å². The van der Waals surface area contributed by atoms with Gasteiger partial charge in [0.2, 0.25) is 0 Å². The second-order valence-corrected chi connectivity index (χ2v) is 3.29. The first-order chi connectivity index (χ1) is 4.86. The van der Waals surface area contributed by atoms with E-state index in [0.717, 1.165) is 19.4 Å². The zero-order valence-electron chi connectivity index (χ0n) is 6.35. The molecule has 1 aliphatic rings. The lowest BCUT2D eigenvalue weighted by Crippen LogP contribution is -2.23. The van der Waals surface area contributed by atoms with Crippen LogP contribution in [0.25, 0.3) is 0 Å². The van der Waals surface area contributed by atoms with Crippen LogP contribution in [0.15, 0.2) is 0 Å². The van der Waals surface area contributed by atoms with Gasteiger partial charge in [0.1, 0.15) is 0 Å². The van der Waals surface area contributed by atoms with E-state index in [1.54, 1.807) is 0 Å². The lowest BCUT2D eigenvalue weighted by atomic mass is 9.82. The van der Waals surface area contributed by atoms with E-state index in [1.807, 2.05) is 0 Å². The molecule has 0 spiro atoms. The Labute approximate surface area is 61.8 Å². The summed E-state index contributed by atoms with van der Waals surface area (Å²) in [5.41, 5.74) is 5.50. The molecule has 1 saturated carbocycles. The third-order valence-electron chi connectivity index (χ3n) is 2.44. The van der Waals surface area contributed by atoms with Crippen LogP contribution in [-0.2, 0) is 0 Å². The van der Waals surface area contributed by atoms with Gasteiger partial charge in [0.15, 0.2) is 0 Å². The van der Waals surface area contributed by atoms with Gasteiger partial charge >= 0.3 is 0 Å². The van der Waals surface area contributed by atoms with Crippen molar-refractivity contribution in [1.82, 2.24) is 0 Å². The van der Waals surface area contributed by atoms with E-state index >= 15 is 0 Å². The molecule has 0 aromatic rings. The van der Waals surface area contributed by atoms with Gasteiger partial charge in [-0.25, -0.2) is 0 Å². The number of hydrogen-bond acceptors (Lipinski definition) is 1. The molecule has 1 nitrogen and oxygen atoms in total. The molecule has 0 bridgehead atoms. The largest absolute Gasteiger partial charge is 0.330 e. The van der Waals surface area contributed by atoms with Crippen LogP contribution in [0.1, 0.15) is 25.7 Å². The van der Waals surface area contributed by atoms with Crippen molar-refractivity contribution in [2.75, 3.05) is 13.2 Å². The third kappa shape index (κ3) is 1.94. The Hall–Kier alpha value is -0.110. The van der Waals surface area contributed by atoms with E-state index in [0.29, 0.717) is 11.8 Å². The maximum Gasteiger partial charge on any atom is 0.0922 e. The van der Waals surface area contributed by atoms with Crippen LogP contribution in [0.5, 0.6) is 0 Å². The maximum atomic E-state index is 12.1. The summed E-state index contributed by atoms with van der Waals surface area (Å²) in [6, 6.07) is 0. The molecular weight excluding hydrogens is 129 g/mol. The van der Waals surface area contributed by atoms with Crippen molar-refractivity contribution in [3.8, 4) is 0 Å². The van der Waals surface area contributed by atoms with Gasteiger partial charge in [0.05, 0.1) is 6.67 Å². The Kier molecular flexibility index (Phi) is 3.13. The number of alkyl halides is 1. The summed E-state index contributed by atoms with van der Waals surface area (Å²) in [6.45, 7) is 0.604. The first-order valence-electron chi connectivity index (χ1n) is 4.12. The topological polar surface area (TPSA) is 26.0 Å². The van der Waals surface area contributed by atoms with Crippen LogP contribution in [-0.4, -0.2) is 13.2 Å². The lowest BCUT2D eigenvalue weighted by molar-refractivity contribution is 0.226. The van der Waals surface area contributed by atoms with Crippen molar-refractivity contribution in [1.29, 1.82) is 0 Å². The summed E-state index contributed by atoms with van der Waals surface area (Å²) in [4.78, 5) is 0. The van der Waals surface area contributed by atoms with Crippen LogP contribution in [0.2, 0.25) is 0 Å². The zero-order valence-corrected chi connectivity index (χ0v) is 6.35. The van der Waals surface area contributed by atoms with Crippen LogP contribution >= 0.6 is 0 Å². The Morgan fingerprint density at radius 2 is 2.00 bits per heavy atom. The van der Waals surface area contributed by atoms with E-state index in [1.165, 1.54) is 12.8 Å². The highest BCUT2D eigenvalue weighted by Gasteiger charge is 2.20. The molecule has 2 unspecified atom stereocenters. The van der Waals surface area contributed by atoms with E-state index in [9.17, 15) is 4.39 Å². The normalized spacial score (nSPS) is 34.2. The minimum absolute atomic E-state index is 0.142. The maximum absolute atomic E-state index is 12.1. The zero-order chi connectivity index (χ0) is 7.40. The molecule has 1 fully saturated rings. The van der Waals surface area contributed by atoms with Gasteiger partial charge in [-0.3, -0.25) is 4.39 Å². The Bertz CT molecular complexity index is 85.3. The summed E-state index contributed by atoms with van der Waals surface area (Å²) < 4.78 is 12.1. The Morgan fingerprint density at radius 1 is 1.30 bits per heavy atom. The van der Waals surface area contributed by atoms with E-state index in [-0.39, 0.29) is 6.67 Å². The van der Waals surface area contributed by atoms with E-state index in [4.69, 9.17) is 5.73 Å². The van der Waals surface area contributed by atoms with Crippen molar-refractivity contribution in [3.05, 3.63) is 0 Å². The molecule has 0 heterocycles. The average molecular weight is 145 g/mol. The third-order valence-corrected chi connectivity index (χ3v) is 2.44. The van der Waals surface area contributed by atoms with Crippen molar-refractivity contribution in [3.63, 3.8) is 0 Å². The van der Waals surface area contributed by atoms with Gasteiger partial charge in [-0.1, -0.05) is 6.42 Å². The summed E-state index contributed by atoms with van der Waals surface area (Å²) >= 11 is 0. The van der Waals surface area contributed by atoms with Crippen molar-refractivity contribution < 1.29 is 4.39 Å². The number of rotatable bonds is 2. The monoisotopic (exact) mass is 145 g/mol. The molecule has 2 N–H and O–H groups in total. The Balaban J connectivity index is 2.25. The van der Waals surface area contributed by atoms with E-state index in [2.05, 4.69) is 0 Å². The fourth-order valence-electron chi connectivity index (χ4n) is 1.76. The smallest absolute Gasteiger partial charge is 0.0922 e. The Morgan fingerprint density at radius 3 is 2.60 bits per heavy atom. The molecule has 0 aliphatic heterocycles. The number of hydrogen-bond donors (Lipinski definition) is 1. The fourth-order valence-corrected chi connectivity index (χ4v) is 1.76. The molecule has 0 aromatic carbocycles. The second kappa shape index (κ2) is 3.91. The SMILES string of the molecule is NCC1CCCC(CF)C1. The minimum Gasteiger partial charge on any atom is -0.330 e. The summed E-state index contributed by atoms with van der Waals surface area (Å²) in [5, 5.41) is 0. The van der Waals surface area contributed by atoms with Gasteiger partial charge in [-0.2, -0.15) is 0 Å². The van der Waals surface area contributed by atoms with Gasteiger partial charge in [-0.05, 0) is 37.6 Å². The van der Waals surface area contributed by atoms with Crippen molar-refractivity contribution in [2.45, 2.75) is 25.7 Å². The minimum atomic E-state index is -0.142. The molecular formula is C8H16FN. The predicted octanol–water partition coefficient (Wildman–Crippen LogP) is 1.72. The number of nitrogens with two attached hydrogens (primary N) is 1. The van der Waals surface area contributed by atoms with Crippen molar-refractivity contribution in [2.24, 2.45) is 17.6 Å². The molecule has 0 radical (unpaired) electrons. The highest BCUT2D eigenvalue weighted by atomic mass is 19.1. The molecule has 2 atom stereocenters. The van der Waals surface area contributed by atoms with E-state index < -0.39 is 0 Å². The lowest BCUT2D eigenvalue weighted by Gasteiger charge is -2.25. The molecule has 0 saturated heterocycles. The van der Waals surface area contributed by atoms with Crippen molar-refractivity contribution >= 4 is 0 Å². The van der Waals surface area contributed by atoms with Gasteiger partial charge in [-0.15, -0.1) is 0 Å². The first kappa shape index (κ1) is 7.99. The number of halogens is 1. The summed E-state index contributed by atoms with van der Waals surface area (Å²) in [5.74, 6) is 0.928. The first-order valence-corrected chi connectivity index (χ1v) is 4.12. The molecule has 2 heteroatoms. The van der Waals surface area contributed by atoms with Gasteiger partial charge < -0.3 is 5.73 Å². The van der Waals surface area contributed by atoms with Crippen LogP contribution in [0.4, 0.5) is 4.39 Å². The quantitative estimate of drug-likeness (QED) is 0.629. The molecule has 60 valence electrons. The van der Waals surface area contributed by atoms with Gasteiger partial charge in [0, 0.05) is 0 Å². The molecule has 0 aromatic heterocycles. The summed E-state index contributed by atoms with van der Waals surface area (Å²) in [7, 11) is 0. The molecule has 0 amide bonds. The molecule has 10 heavy (non-hydrogen) atoms. The van der Waals surface area contributed by atoms with Gasteiger partial charge in [0.25, 0.3) is 0 Å². The highest BCUT2D eigenvalue weighted by molar-refractivity contribution is 4.72.